The van der Waals surface area contributed by atoms with Gasteiger partial charge < -0.3 is 4.90 Å². The smallest absolute Gasteiger partial charge is 0.269 e. The monoisotopic (exact) mass is 389 g/mol. The molecule has 0 saturated carbocycles. The van der Waals surface area contributed by atoms with Crippen molar-refractivity contribution in [3.8, 4) is 0 Å². The maximum absolute atomic E-state index is 12.3. The largest absolute Gasteiger partial charge is 0.315 e. The Bertz CT molecular complexity index is 893. The van der Waals surface area contributed by atoms with Crippen LogP contribution in [-0.2, 0) is 11.2 Å². The van der Waals surface area contributed by atoms with Gasteiger partial charge in [0.15, 0.2) is 0 Å². The number of thiophene rings is 1. The molecule has 0 unspecified atom stereocenters. The molecule has 3 rings (SSSR count). The molecule has 1 N–H and O–H groups in total. The predicted octanol–water partition coefficient (Wildman–Crippen LogP) is 3.12. The summed E-state index contributed by atoms with van der Waals surface area (Å²) in [7, 11) is 1.63. The summed E-state index contributed by atoms with van der Waals surface area (Å²) in [6.45, 7) is 0. The zero-order chi connectivity index (χ0) is 18.5. The number of carbonyl (C=O) groups excluding carboxylic acids is 1. The van der Waals surface area contributed by atoms with Gasteiger partial charge in [-0.05, 0) is 23.6 Å². The van der Waals surface area contributed by atoms with E-state index in [4.69, 9.17) is 0 Å². The van der Waals surface area contributed by atoms with Gasteiger partial charge in [-0.3, -0.25) is 20.0 Å². The number of nitro benzene ring substituents is 1. The van der Waals surface area contributed by atoms with Gasteiger partial charge in [-0.1, -0.05) is 17.8 Å². The summed E-state index contributed by atoms with van der Waals surface area (Å²) in [5, 5.41) is 20.2. The summed E-state index contributed by atoms with van der Waals surface area (Å²) in [6, 6.07) is 9.86. The summed E-state index contributed by atoms with van der Waals surface area (Å²) < 4.78 is 0. The Morgan fingerprint density at radius 2 is 2.12 bits per heavy atom. The van der Waals surface area contributed by atoms with Crippen LogP contribution in [0.2, 0.25) is 0 Å². The van der Waals surface area contributed by atoms with E-state index in [0.29, 0.717) is 17.3 Å². The molecule has 26 heavy (non-hydrogen) atoms. The molecule has 10 heteroatoms. The second-order valence-corrected chi connectivity index (χ2v) is 7.31. The predicted molar refractivity (Wildman–Crippen MR) is 101 cm³/mol. The van der Waals surface area contributed by atoms with Gasteiger partial charge in [0.1, 0.15) is 5.82 Å². The lowest BCUT2D eigenvalue weighted by atomic mass is 10.2. The zero-order valence-electron chi connectivity index (χ0n) is 13.8. The molecule has 0 saturated heterocycles. The van der Waals surface area contributed by atoms with E-state index < -0.39 is 4.92 Å². The minimum Gasteiger partial charge on any atom is -0.315 e. The number of amides is 1. The fourth-order valence-corrected chi connectivity index (χ4v) is 3.60. The van der Waals surface area contributed by atoms with Crippen molar-refractivity contribution in [2.45, 2.75) is 11.6 Å². The van der Waals surface area contributed by atoms with Crippen molar-refractivity contribution >= 4 is 40.4 Å². The van der Waals surface area contributed by atoms with Gasteiger partial charge in [-0.15, -0.1) is 16.4 Å². The van der Waals surface area contributed by atoms with Gasteiger partial charge in [0, 0.05) is 36.2 Å². The summed E-state index contributed by atoms with van der Waals surface area (Å²) in [6.07, 6.45) is 0.682. The van der Waals surface area contributed by atoms with Gasteiger partial charge in [-0.25, -0.2) is 4.98 Å². The number of carbonyl (C=O) groups is 1. The van der Waals surface area contributed by atoms with E-state index in [2.05, 4.69) is 15.2 Å². The highest BCUT2D eigenvalue weighted by atomic mass is 32.2. The summed E-state index contributed by atoms with van der Waals surface area (Å²) >= 11 is 2.90. The number of non-ortho nitro benzene ring substituents is 1. The van der Waals surface area contributed by atoms with Crippen molar-refractivity contribution in [2.24, 2.45) is 0 Å². The molecule has 2 heterocycles. The first-order chi connectivity index (χ1) is 12.5. The van der Waals surface area contributed by atoms with Gasteiger partial charge in [0.25, 0.3) is 5.69 Å². The highest BCUT2D eigenvalue weighted by molar-refractivity contribution is 7.99. The molecular formula is C16H15N5O3S2. The topological polar surface area (TPSA) is 105 Å². The Kier molecular flexibility index (Phi) is 5.64. The average Bonchev–Trinajstić information content (AvgIpc) is 3.31. The van der Waals surface area contributed by atoms with Gasteiger partial charge in [0.05, 0.1) is 10.7 Å². The van der Waals surface area contributed by atoms with Crippen molar-refractivity contribution in [1.29, 1.82) is 0 Å². The number of thioether (sulfide) groups is 1. The molecule has 0 bridgehead atoms. The number of rotatable bonds is 7. The minimum atomic E-state index is -0.474. The molecule has 134 valence electrons. The van der Waals surface area contributed by atoms with Crippen LogP contribution < -0.4 is 4.90 Å². The van der Waals surface area contributed by atoms with E-state index in [1.54, 1.807) is 30.5 Å². The molecule has 0 aliphatic carbocycles. The second-order valence-electron chi connectivity index (χ2n) is 5.34. The number of anilines is 1. The third-order valence-corrected chi connectivity index (χ3v) is 5.29. The summed E-state index contributed by atoms with van der Waals surface area (Å²) in [5.41, 5.74) is 0.581. The fraction of sp³-hybridized carbons (Fsp3) is 0.188. The van der Waals surface area contributed by atoms with Crippen molar-refractivity contribution in [1.82, 2.24) is 15.2 Å². The molecule has 1 amide bonds. The van der Waals surface area contributed by atoms with Crippen LogP contribution in [0, 0.1) is 10.1 Å². The number of nitrogens with one attached hydrogen (secondary N) is 1. The molecule has 3 aromatic rings. The van der Waals surface area contributed by atoms with Crippen molar-refractivity contribution in [3.05, 3.63) is 62.6 Å². The van der Waals surface area contributed by atoms with Crippen molar-refractivity contribution in [2.75, 3.05) is 17.7 Å². The molecular weight excluding hydrogens is 374 g/mol. The first kappa shape index (κ1) is 18.1. The number of aromatic amines is 1. The fourth-order valence-electron chi connectivity index (χ4n) is 2.16. The quantitative estimate of drug-likeness (QED) is 0.378. The van der Waals surface area contributed by atoms with Crippen molar-refractivity contribution < 1.29 is 9.72 Å². The molecule has 1 aromatic carbocycles. The van der Waals surface area contributed by atoms with Crippen LogP contribution in [0.4, 0.5) is 11.4 Å². The Labute approximate surface area is 157 Å². The number of hydrogen-bond acceptors (Lipinski definition) is 7. The standard InChI is InChI=1S/C16H15N5O3S2/c1-20(11-4-6-12(7-5-11)21(23)24)15(22)10-26-16-17-14(18-19-16)9-13-3-2-8-25-13/h2-8H,9-10H2,1H3,(H,17,18,19). The lowest BCUT2D eigenvalue weighted by Gasteiger charge is -2.16. The highest BCUT2D eigenvalue weighted by Gasteiger charge is 2.15. The Morgan fingerprint density at radius 1 is 1.35 bits per heavy atom. The third kappa shape index (κ3) is 4.46. The van der Waals surface area contributed by atoms with E-state index in [0.717, 1.165) is 5.82 Å². The van der Waals surface area contributed by atoms with E-state index in [-0.39, 0.29) is 17.3 Å². The minimum absolute atomic E-state index is 0.0111. The van der Waals surface area contributed by atoms with Crippen LogP contribution in [-0.4, -0.2) is 38.8 Å². The maximum Gasteiger partial charge on any atom is 0.269 e. The molecule has 0 atom stereocenters. The first-order valence-corrected chi connectivity index (χ1v) is 9.47. The molecule has 2 aromatic heterocycles. The van der Waals surface area contributed by atoms with Crippen LogP contribution in [0.5, 0.6) is 0 Å². The maximum atomic E-state index is 12.3. The lowest BCUT2D eigenvalue weighted by Crippen LogP contribution is -2.27. The Hall–Kier alpha value is -2.72. The van der Waals surface area contributed by atoms with E-state index in [9.17, 15) is 14.9 Å². The van der Waals surface area contributed by atoms with Gasteiger partial charge in [-0.2, -0.15) is 0 Å². The molecule has 8 nitrogen and oxygen atoms in total. The molecule has 0 radical (unpaired) electrons. The number of hydrogen-bond donors (Lipinski definition) is 1. The number of aromatic nitrogens is 3. The van der Waals surface area contributed by atoms with Crippen LogP contribution >= 0.6 is 23.1 Å². The first-order valence-electron chi connectivity index (χ1n) is 7.60. The average molecular weight is 389 g/mol. The van der Waals surface area contributed by atoms with Crippen LogP contribution in [0.1, 0.15) is 10.7 Å². The second kappa shape index (κ2) is 8.11. The van der Waals surface area contributed by atoms with E-state index in [1.807, 2.05) is 17.5 Å². The number of nitro groups is 1. The van der Waals surface area contributed by atoms with Gasteiger partial charge >= 0.3 is 0 Å². The molecule has 0 fully saturated rings. The molecule has 0 aliphatic rings. The number of nitrogens with zero attached hydrogens (tertiary/aromatic N) is 4. The molecule has 0 spiro atoms. The lowest BCUT2D eigenvalue weighted by molar-refractivity contribution is -0.384. The molecule has 0 aliphatic heterocycles. The van der Waals surface area contributed by atoms with Crippen molar-refractivity contribution in [3.63, 3.8) is 0 Å². The summed E-state index contributed by atoms with van der Waals surface area (Å²) in [4.78, 5) is 29.5. The summed E-state index contributed by atoms with van der Waals surface area (Å²) in [5.74, 6) is 0.781. The number of benzene rings is 1. The van der Waals surface area contributed by atoms with Crippen LogP contribution in [0.3, 0.4) is 0 Å². The Balaban J connectivity index is 1.54. The normalized spacial score (nSPS) is 10.7. The van der Waals surface area contributed by atoms with Gasteiger partial charge in [0.2, 0.25) is 11.1 Å². The van der Waals surface area contributed by atoms with Crippen LogP contribution in [0.15, 0.2) is 46.9 Å². The van der Waals surface area contributed by atoms with E-state index >= 15 is 0 Å². The SMILES string of the molecule is CN(C(=O)CSc1n[nH]c(Cc2cccs2)n1)c1ccc([N+](=O)[O-])cc1. The van der Waals surface area contributed by atoms with E-state index in [1.165, 1.54) is 33.7 Å². The Morgan fingerprint density at radius 3 is 2.77 bits per heavy atom. The zero-order valence-corrected chi connectivity index (χ0v) is 15.4. The third-order valence-electron chi connectivity index (χ3n) is 3.58. The number of H-pyrrole nitrogens is 1. The van der Waals surface area contributed by atoms with Crippen LogP contribution in [0.25, 0.3) is 0 Å². The highest BCUT2D eigenvalue weighted by Crippen LogP contribution is 2.21.